The number of anilines is 5. The molecule has 5 heteroatoms. The summed E-state index contributed by atoms with van der Waals surface area (Å²) >= 11 is 0. The van der Waals surface area contributed by atoms with Crippen molar-refractivity contribution in [3.8, 4) is 5.69 Å². The van der Waals surface area contributed by atoms with E-state index in [2.05, 4.69) is 177 Å². The van der Waals surface area contributed by atoms with Gasteiger partial charge in [0.2, 0.25) is 0 Å². The third-order valence-electron chi connectivity index (χ3n) is 14.1. The van der Waals surface area contributed by atoms with Crippen LogP contribution in [0.25, 0.3) is 27.5 Å². The summed E-state index contributed by atoms with van der Waals surface area (Å²) in [6, 6.07) is 44.8. The first-order chi connectivity index (χ1) is 26.0. The largest absolute Gasteiger partial charge is 0.335 e. The highest BCUT2D eigenvalue weighted by Crippen LogP contribution is 2.61. The Hall–Kier alpha value is -5.00. The van der Waals surface area contributed by atoms with Crippen molar-refractivity contribution in [3.63, 3.8) is 0 Å². The van der Waals surface area contributed by atoms with Gasteiger partial charge in [-0.25, -0.2) is 0 Å². The lowest BCUT2D eigenvalue weighted by atomic mass is 9.33. The average Bonchev–Trinajstić information content (AvgIpc) is 3.59. The Bertz CT molecular complexity index is 2710. The van der Waals surface area contributed by atoms with Crippen LogP contribution in [0, 0.1) is 13.8 Å². The van der Waals surface area contributed by atoms with Gasteiger partial charge in [0.15, 0.2) is 0 Å². The van der Waals surface area contributed by atoms with Crippen LogP contribution in [0.3, 0.4) is 0 Å². The van der Waals surface area contributed by atoms with E-state index in [1.54, 1.807) is 10.8 Å². The summed E-state index contributed by atoms with van der Waals surface area (Å²) in [6.45, 7) is 17.4. The zero-order valence-electron chi connectivity index (χ0n) is 32.7. The van der Waals surface area contributed by atoms with Crippen molar-refractivity contribution >= 4 is 86.6 Å². The molecule has 6 aromatic carbocycles. The molecule has 11 rings (SSSR count). The fraction of sp³-hybridized carbons (Fsp3) is 0.265. The van der Waals surface area contributed by atoms with Crippen molar-refractivity contribution in [2.75, 3.05) is 9.80 Å². The Morgan fingerprint density at radius 1 is 0.648 bits per heavy atom. The first kappa shape index (κ1) is 32.4. The van der Waals surface area contributed by atoms with Crippen LogP contribution in [0.4, 0.5) is 28.4 Å². The van der Waals surface area contributed by atoms with E-state index in [-0.39, 0.29) is 17.7 Å². The van der Waals surface area contributed by atoms with Crippen molar-refractivity contribution in [3.05, 3.63) is 132 Å². The number of hydrogen-bond donors (Lipinski definition) is 0. The second kappa shape index (κ2) is 10.8. The molecule has 4 aliphatic rings. The molecule has 1 fully saturated rings. The smallest absolute Gasteiger partial charge is 0.252 e. The summed E-state index contributed by atoms with van der Waals surface area (Å²) < 4.78 is 2.64. The number of nitrogens with zero attached hydrogens (tertiary/aromatic N) is 3. The van der Waals surface area contributed by atoms with Gasteiger partial charge in [-0.05, 0) is 109 Å². The van der Waals surface area contributed by atoms with Crippen LogP contribution >= 0.6 is 0 Å². The van der Waals surface area contributed by atoms with Gasteiger partial charge in [0, 0.05) is 50.1 Å². The Balaban J connectivity index is 1.32. The van der Waals surface area contributed by atoms with Crippen molar-refractivity contribution in [1.82, 2.24) is 4.57 Å². The minimum absolute atomic E-state index is 0.0414. The molecule has 1 aromatic heterocycles. The van der Waals surface area contributed by atoms with Crippen molar-refractivity contribution in [2.24, 2.45) is 0 Å². The Morgan fingerprint density at radius 3 is 2.04 bits per heavy atom. The van der Waals surface area contributed by atoms with Crippen LogP contribution in [0.15, 0.2) is 115 Å². The van der Waals surface area contributed by atoms with Crippen LogP contribution in [0.5, 0.6) is 0 Å². The fourth-order valence-corrected chi connectivity index (χ4v) is 12.4. The maximum Gasteiger partial charge on any atom is 0.252 e. The second-order valence-corrected chi connectivity index (χ2v) is 23.4. The van der Waals surface area contributed by atoms with Crippen LogP contribution < -0.4 is 31.4 Å². The maximum absolute atomic E-state index is 2.89. The highest BCUT2D eigenvalue weighted by molar-refractivity contribution is 7.01. The zero-order valence-corrected chi connectivity index (χ0v) is 33.7. The molecule has 54 heavy (non-hydrogen) atoms. The van der Waals surface area contributed by atoms with E-state index in [0.29, 0.717) is 0 Å². The second-order valence-electron chi connectivity index (χ2n) is 18.3. The molecule has 3 nitrogen and oxygen atoms in total. The number of fused-ring (bicyclic) bond motifs is 10. The quantitative estimate of drug-likeness (QED) is 0.168. The Morgan fingerprint density at radius 2 is 1.31 bits per heavy atom. The molecular formula is C49H48BN3Si. The molecule has 0 radical (unpaired) electrons. The lowest BCUT2D eigenvalue weighted by molar-refractivity contribution is 0.195. The minimum atomic E-state index is -1.66. The number of aryl methyl sites for hydroxylation is 2. The molecule has 1 saturated carbocycles. The summed E-state index contributed by atoms with van der Waals surface area (Å²) in [7, 11) is -1.66. The third-order valence-corrected chi connectivity index (χ3v) is 16.1. The number of aromatic nitrogens is 1. The molecular weight excluding hydrogens is 669 g/mol. The van der Waals surface area contributed by atoms with Crippen LogP contribution in [-0.2, 0) is 5.41 Å². The standard InChI is InChI=1S/C49H48BN3Si/c1-31-15-12-17-33(25-31)51(34-18-13-16-32(2)26-34)35-27-43-45-44(28-35)53-47-39(48(3)23-10-11-24-49(48,53)4)29-36(54(5,6)7)30-41(47)50(45)40-21-14-20-38-37-19-8-9-22-42(37)52(43)46(38)40/h8-9,12-22,25-30H,10-11,23-24H2,1-7H3. The van der Waals surface area contributed by atoms with Gasteiger partial charge in [-0.15, -0.1) is 0 Å². The van der Waals surface area contributed by atoms with Crippen LogP contribution in [0.1, 0.15) is 56.2 Å². The third kappa shape index (κ3) is 4.09. The summed E-state index contributed by atoms with van der Waals surface area (Å²) in [5, 5.41) is 4.27. The van der Waals surface area contributed by atoms with E-state index in [1.165, 1.54) is 109 Å². The molecule has 0 N–H and O–H groups in total. The van der Waals surface area contributed by atoms with E-state index in [9.17, 15) is 0 Å². The van der Waals surface area contributed by atoms with E-state index < -0.39 is 8.07 Å². The number of hydrogen-bond acceptors (Lipinski definition) is 2. The number of para-hydroxylation sites is 2. The first-order valence-corrected chi connectivity index (χ1v) is 23.6. The van der Waals surface area contributed by atoms with E-state index in [0.717, 1.165) is 0 Å². The predicted octanol–water partition coefficient (Wildman–Crippen LogP) is 10.3. The number of benzene rings is 6. The van der Waals surface area contributed by atoms with Gasteiger partial charge >= 0.3 is 0 Å². The van der Waals surface area contributed by atoms with Gasteiger partial charge in [-0.2, -0.15) is 0 Å². The first-order valence-electron chi connectivity index (χ1n) is 20.1. The van der Waals surface area contributed by atoms with Gasteiger partial charge in [0.1, 0.15) is 0 Å². The SMILES string of the molecule is Cc1cccc(N(c2cccc(C)c2)c2cc3c4c(c2)-n2c5ccccc5c5cccc(c52)B4c2cc([Si](C)(C)C)cc4c2N3C2(C)CCCCC42C)c1. The van der Waals surface area contributed by atoms with Crippen molar-refractivity contribution < 1.29 is 0 Å². The Labute approximate surface area is 321 Å². The zero-order chi connectivity index (χ0) is 36.9. The highest BCUT2D eigenvalue weighted by Gasteiger charge is 2.61. The molecule has 0 saturated heterocycles. The van der Waals surface area contributed by atoms with Gasteiger partial charge in [-0.1, -0.05) is 117 Å². The van der Waals surface area contributed by atoms with Crippen molar-refractivity contribution in [2.45, 2.75) is 84.0 Å². The molecule has 2 unspecified atom stereocenters. The predicted molar refractivity (Wildman–Crippen MR) is 235 cm³/mol. The molecule has 7 aromatic rings. The minimum Gasteiger partial charge on any atom is -0.335 e. The molecule has 2 atom stereocenters. The number of rotatable bonds is 4. The summed E-state index contributed by atoms with van der Waals surface area (Å²) in [6.07, 6.45) is 4.98. The van der Waals surface area contributed by atoms with Crippen LogP contribution in [0.2, 0.25) is 19.6 Å². The molecule has 0 spiro atoms. The summed E-state index contributed by atoms with van der Waals surface area (Å²) in [4.78, 5) is 5.41. The van der Waals surface area contributed by atoms with Gasteiger partial charge in [0.05, 0.1) is 24.8 Å². The average molecular weight is 718 g/mol. The molecule has 1 aliphatic carbocycles. The lowest BCUT2D eigenvalue weighted by Gasteiger charge is -2.52. The molecule has 266 valence electrons. The maximum atomic E-state index is 2.89. The molecule has 0 amide bonds. The molecule has 4 heterocycles. The monoisotopic (exact) mass is 717 g/mol. The highest BCUT2D eigenvalue weighted by atomic mass is 28.3. The van der Waals surface area contributed by atoms with E-state index in [1.807, 2.05) is 0 Å². The van der Waals surface area contributed by atoms with Gasteiger partial charge in [0.25, 0.3) is 6.71 Å². The summed E-state index contributed by atoms with van der Waals surface area (Å²) in [5.41, 5.74) is 19.0. The fourth-order valence-electron chi connectivity index (χ4n) is 11.3. The molecule has 0 bridgehead atoms. The topological polar surface area (TPSA) is 11.4 Å². The summed E-state index contributed by atoms with van der Waals surface area (Å²) in [5.74, 6) is 0. The normalized spacial score (nSPS) is 20.6. The molecule has 3 aliphatic heterocycles. The van der Waals surface area contributed by atoms with Gasteiger partial charge in [-0.3, -0.25) is 0 Å². The van der Waals surface area contributed by atoms with Gasteiger partial charge < -0.3 is 14.4 Å². The van der Waals surface area contributed by atoms with E-state index >= 15 is 0 Å². The van der Waals surface area contributed by atoms with Crippen LogP contribution in [-0.4, -0.2) is 24.9 Å². The Kier molecular flexibility index (Phi) is 6.50. The lowest BCUT2D eigenvalue weighted by Crippen LogP contribution is -2.64. The van der Waals surface area contributed by atoms with Crippen molar-refractivity contribution in [1.29, 1.82) is 0 Å². The van der Waals surface area contributed by atoms with E-state index in [4.69, 9.17) is 0 Å².